The first kappa shape index (κ1) is 16.6. The van der Waals surface area contributed by atoms with E-state index in [-0.39, 0.29) is 11.7 Å². The molecule has 126 valence electrons. The van der Waals surface area contributed by atoms with Crippen molar-refractivity contribution in [2.45, 2.75) is 13.8 Å². The molecule has 3 rings (SSSR count). The average Bonchev–Trinajstić information content (AvgIpc) is 2.86. The topological polar surface area (TPSA) is 65.3 Å². The van der Waals surface area contributed by atoms with E-state index in [4.69, 9.17) is 0 Å². The summed E-state index contributed by atoms with van der Waals surface area (Å²) >= 11 is 0. The van der Waals surface area contributed by atoms with Gasteiger partial charge in [0.1, 0.15) is 5.75 Å². The monoisotopic (exact) mass is 333 g/mol. The Hall–Kier alpha value is -3.21. The largest absolute Gasteiger partial charge is 0.507 e. The third kappa shape index (κ3) is 3.08. The highest BCUT2D eigenvalue weighted by molar-refractivity contribution is 6.54. The van der Waals surface area contributed by atoms with Crippen LogP contribution in [0, 0.1) is 13.8 Å². The number of fused-ring (bicyclic) bond motifs is 1. The summed E-state index contributed by atoms with van der Waals surface area (Å²) in [7, 11) is 0. The minimum absolute atomic E-state index is 0.184. The number of phenols is 1. The smallest absolute Gasteiger partial charge is 0.279 e. The zero-order valence-electron chi connectivity index (χ0n) is 14.2. The van der Waals surface area contributed by atoms with Gasteiger partial charge in [0.15, 0.2) is 5.71 Å². The summed E-state index contributed by atoms with van der Waals surface area (Å²) in [6.45, 7) is 7.78. The van der Waals surface area contributed by atoms with Crippen molar-refractivity contribution in [3.63, 3.8) is 0 Å². The van der Waals surface area contributed by atoms with Crippen LogP contribution < -0.4 is 4.90 Å². The van der Waals surface area contributed by atoms with Crippen LogP contribution in [-0.4, -0.2) is 29.5 Å². The van der Waals surface area contributed by atoms with Gasteiger partial charge in [0.2, 0.25) is 0 Å². The van der Waals surface area contributed by atoms with Gasteiger partial charge < -0.3 is 10.0 Å². The van der Waals surface area contributed by atoms with Crippen molar-refractivity contribution in [2.24, 2.45) is 10.2 Å². The molecule has 0 spiro atoms. The van der Waals surface area contributed by atoms with Crippen molar-refractivity contribution in [2.75, 3.05) is 11.4 Å². The lowest BCUT2D eigenvalue weighted by atomic mass is 10.1. The molecule has 5 nitrogen and oxygen atoms in total. The number of aromatic hydroxyl groups is 1. The number of aryl methyl sites for hydroxylation is 2. The van der Waals surface area contributed by atoms with Crippen LogP contribution >= 0.6 is 0 Å². The van der Waals surface area contributed by atoms with Crippen LogP contribution in [0.4, 0.5) is 5.69 Å². The summed E-state index contributed by atoms with van der Waals surface area (Å²) in [5, 5.41) is 18.1. The Balaban J connectivity index is 1.94. The van der Waals surface area contributed by atoms with Gasteiger partial charge in [0.25, 0.3) is 5.91 Å². The van der Waals surface area contributed by atoms with E-state index >= 15 is 0 Å². The highest BCUT2D eigenvalue weighted by atomic mass is 16.3. The molecule has 2 aromatic carbocycles. The Morgan fingerprint density at radius 1 is 1.20 bits per heavy atom. The van der Waals surface area contributed by atoms with Crippen LogP contribution in [-0.2, 0) is 4.79 Å². The van der Waals surface area contributed by atoms with Gasteiger partial charge in [0.05, 0.1) is 11.9 Å². The van der Waals surface area contributed by atoms with Crippen LogP contribution in [0.2, 0.25) is 0 Å². The average molecular weight is 333 g/mol. The number of nitrogens with zero attached hydrogens (tertiary/aromatic N) is 3. The van der Waals surface area contributed by atoms with Gasteiger partial charge in [-0.3, -0.25) is 4.79 Å². The number of benzene rings is 2. The van der Waals surface area contributed by atoms with E-state index in [2.05, 4.69) is 16.8 Å². The number of hydrogen-bond donors (Lipinski definition) is 1. The molecule has 1 aliphatic rings. The second-order valence-corrected chi connectivity index (χ2v) is 5.92. The quantitative estimate of drug-likeness (QED) is 0.530. The fraction of sp³-hybridized carbons (Fsp3) is 0.150. The van der Waals surface area contributed by atoms with Crippen LogP contribution in [0.3, 0.4) is 0 Å². The Labute approximate surface area is 146 Å². The van der Waals surface area contributed by atoms with Crippen molar-refractivity contribution >= 4 is 23.5 Å². The fourth-order valence-electron chi connectivity index (χ4n) is 2.89. The molecule has 5 heteroatoms. The number of amides is 1. The number of rotatable bonds is 4. The lowest BCUT2D eigenvalue weighted by molar-refractivity contribution is -0.112. The fourth-order valence-corrected chi connectivity index (χ4v) is 2.89. The number of carbonyl (C=O) groups excluding carboxylic acids is 1. The third-order valence-electron chi connectivity index (χ3n) is 4.09. The van der Waals surface area contributed by atoms with Crippen molar-refractivity contribution < 1.29 is 9.90 Å². The maximum atomic E-state index is 12.6. The molecule has 0 atom stereocenters. The molecule has 1 heterocycles. The molecule has 0 unspecified atom stereocenters. The summed E-state index contributed by atoms with van der Waals surface area (Å²) in [6.07, 6.45) is 3.27. The Bertz CT molecular complexity index is 890. The third-order valence-corrected chi connectivity index (χ3v) is 4.09. The molecule has 0 saturated carbocycles. The van der Waals surface area contributed by atoms with E-state index in [9.17, 15) is 9.90 Å². The molecule has 0 bridgehead atoms. The minimum Gasteiger partial charge on any atom is -0.507 e. The Kier molecular flexibility index (Phi) is 4.48. The van der Waals surface area contributed by atoms with Crippen molar-refractivity contribution in [3.05, 3.63) is 71.3 Å². The maximum absolute atomic E-state index is 12.6. The van der Waals surface area contributed by atoms with E-state index in [1.165, 1.54) is 0 Å². The van der Waals surface area contributed by atoms with Gasteiger partial charge in [0, 0.05) is 12.1 Å². The molecule has 0 aliphatic carbocycles. The molecule has 0 saturated heterocycles. The van der Waals surface area contributed by atoms with E-state index < -0.39 is 0 Å². The van der Waals surface area contributed by atoms with Gasteiger partial charge in [-0.1, -0.05) is 24.3 Å². The summed E-state index contributed by atoms with van der Waals surface area (Å²) in [6, 6.07) is 11.1. The first-order valence-corrected chi connectivity index (χ1v) is 7.96. The SMILES string of the molecule is C=CCN1C(=O)/C(=N\N=C\c2cc(C)c(O)c(C)c2)c2ccccc21. The first-order chi connectivity index (χ1) is 12.0. The first-order valence-electron chi connectivity index (χ1n) is 7.96. The molecule has 25 heavy (non-hydrogen) atoms. The van der Waals surface area contributed by atoms with Gasteiger partial charge in [-0.15, -0.1) is 11.7 Å². The molecule has 0 fully saturated rings. The highest BCUT2D eigenvalue weighted by Gasteiger charge is 2.32. The molecule has 0 radical (unpaired) electrons. The molecule has 0 aromatic heterocycles. The summed E-state index contributed by atoms with van der Waals surface area (Å²) in [5.41, 5.74) is 4.27. The van der Waals surface area contributed by atoms with E-state index in [1.807, 2.05) is 50.2 Å². The minimum atomic E-state index is -0.184. The number of para-hydroxylation sites is 1. The van der Waals surface area contributed by atoms with Crippen molar-refractivity contribution in [1.82, 2.24) is 0 Å². The number of hydrogen-bond acceptors (Lipinski definition) is 4. The van der Waals surface area contributed by atoms with E-state index in [0.717, 1.165) is 27.9 Å². The molecule has 1 N–H and O–H groups in total. The predicted molar refractivity (Wildman–Crippen MR) is 101 cm³/mol. The van der Waals surface area contributed by atoms with Crippen LogP contribution in [0.5, 0.6) is 5.75 Å². The van der Waals surface area contributed by atoms with Crippen molar-refractivity contribution in [3.8, 4) is 5.75 Å². The zero-order valence-corrected chi connectivity index (χ0v) is 14.2. The Morgan fingerprint density at radius 2 is 1.88 bits per heavy atom. The van der Waals surface area contributed by atoms with Crippen molar-refractivity contribution in [1.29, 1.82) is 0 Å². The van der Waals surface area contributed by atoms with Crippen LogP contribution in [0.1, 0.15) is 22.3 Å². The zero-order chi connectivity index (χ0) is 18.0. The number of anilines is 1. The second-order valence-electron chi connectivity index (χ2n) is 5.92. The molecular formula is C20H19N3O2. The normalized spacial score (nSPS) is 15.2. The maximum Gasteiger partial charge on any atom is 0.279 e. The molecule has 1 amide bonds. The summed E-state index contributed by atoms with van der Waals surface area (Å²) in [4.78, 5) is 14.2. The highest BCUT2D eigenvalue weighted by Crippen LogP contribution is 2.29. The second kappa shape index (κ2) is 6.73. The predicted octanol–water partition coefficient (Wildman–Crippen LogP) is 3.36. The van der Waals surface area contributed by atoms with Gasteiger partial charge in [-0.25, -0.2) is 0 Å². The van der Waals surface area contributed by atoms with E-state index in [1.54, 1.807) is 17.2 Å². The van der Waals surface area contributed by atoms with Gasteiger partial charge in [-0.05, 0) is 48.7 Å². The van der Waals surface area contributed by atoms with E-state index in [0.29, 0.717) is 12.3 Å². The summed E-state index contributed by atoms with van der Waals surface area (Å²) < 4.78 is 0. The van der Waals surface area contributed by atoms with Gasteiger partial charge in [-0.2, -0.15) is 5.10 Å². The number of phenolic OH excluding ortho intramolecular Hbond substituents is 1. The number of carbonyl (C=O) groups is 1. The molecular weight excluding hydrogens is 314 g/mol. The lowest BCUT2D eigenvalue weighted by Crippen LogP contribution is -2.30. The lowest BCUT2D eigenvalue weighted by Gasteiger charge is -2.13. The standard InChI is InChI=1S/C20H19N3O2/c1-4-9-23-17-8-6-5-7-16(17)18(20(23)25)22-21-12-15-10-13(2)19(24)14(3)11-15/h4-8,10-12,24H,1,9H2,2-3H3/b21-12+,22-18-. The van der Waals surface area contributed by atoms with Crippen LogP contribution in [0.15, 0.2) is 59.3 Å². The van der Waals surface area contributed by atoms with Gasteiger partial charge >= 0.3 is 0 Å². The molecule has 2 aromatic rings. The Morgan fingerprint density at radius 3 is 2.56 bits per heavy atom. The van der Waals surface area contributed by atoms with Crippen LogP contribution in [0.25, 0.3) is 0 Å². The molecule has 1 aliphatic heterocycles. The summed E-state index contributed by atoms with van der Waals surface area (Å²) in [5.74, 6) is 0.0970.